The standard InChI is InChI=1S/C12H24ClNO/c1-5-10(7-8-13)9-14-11(15)12(3,4)6-2/h10H,5-9H2,1-4H3,(H,14,15). The number of halogens is 1. The minimum Gasteiger partial charge on any atom is -0.355 e. The molecule has 15 heavy (non-hydrogen) atoms. The van der Waals surface area contributed by atoms with E-state index in [2.05, 4.69) is 12.2 Å². The molecule has 0 aliphatic carbocycles. The van der Waals surface area contributed by atoms with Gasteiger partial charge in [0.05, 0.1) is 0 Å². The Morgan fingerprint density at radius 2 is 2.00 bits per heavy atom. The summed E-state index contributed by atoms with van der Waals surface area (Å²) in [6.07, 6.45) is 2.91. The lowest BCUT2D eigenvalue weighted by Crippen LogP contribution is -2.39. The van der Waals surface area contributed by atoms with Crippen molar-refractivity contribution < 1.29 is 4.79 Å². The van der Waals surface area contributed by atoms with Gasteiger partial charge in [-0.3, -0.25) is 4.79 Å². The van der Waals surface area contributed by atoms with Gasteiger partial charge in [-0.25, -0.2) is 0 Å². The van der Waals surface area contributed by atoms with E-state index >= 15 is 0 Å². The SMILES string of the molecule is CCC(CCCl)CNC(=O)C(C)(C)CC. The van der Waals surface area contributed by atoms with Crippen molar-refractivity contribution >= 4 is 17.5 Å². The molecule has 0 rings (SSSR count). The summed E-state index contributed by atoms with van der Waals surface area (Å²) >= 11 is 5.69. The number of hydrogen-bond donors (Lipinski definition) is 1. The van der Waals surface area contributed by atoms with Crippen LogP contribution >= 0.6 is 11.6 Å². The summed E-state index contributed by atoms with van der Waals surface area (Å²) in [5.74, 6) is 1.34. The van der Waals surface area contributed by atoms with Gasteiger partial charge in [-0.05, 0) is 18.8 Å². The van der Waals surface area contributed by atoms with E-state index in [9.17, 15) is 4.79 Å². The molecule has 1 N–H and O–H groups in total. The van der Waals surface area contributed by atoms with Gasteiger partial charge in [-0.1, -0.05) is 34.1 Å². The molecule has 0 heterocycles. The Kier molecular flexibility index (Phi) is 6.99. The molecule has 0 saturated heterocycles. The van der Waals surface area contributed by atoms with Crippen LogP contribution in [0, 0.1) is 11.3 Å². The largest absolute Gasteiger partial charge is 0.355 e. The van der Waals surface area contributed by atoms with Crippen molar-refractivity contribution in [1.29, 1.82) is 0 Å². The first-order chi connectivity index (χ1) is 6.97. The number of rotatable bonds is 7. The Morgan fingerprint density at radius 1 is 1.40 bits per heavy atom. The van der Waals surface area contributed by atoms with Crippen LogP contribution in [0.15, 0.2) is 0 Å². The predicted octanol–water partition coefficient (Wildman–Crippen LogP) is 3.19. The van der Waals surface area contributed by atoms with Gasteiger partial charge in [0.15, 0.2) is 0 Å². The molecule has 1 amide bonds. The lowest BCUT2D eigenvalue weighted by atomic mass is 9.89. The van der Waals surface area contributed by atoms with Crippen molar-refractivity contribution in [3.05, 3.63) is 0 Å². The van der Waals surface area contributed by atoms with Crippen molar-refractivity contribution in [1.82, 2.24) is 5.32 Å². The Bertz CT molecular complexity index is 192. The lowest BCUT2D eigenvalue weighted by Gasteiger charge is -2.23. The molecule has 90 valence electrons. The van der Waals surface area contributed by atoms with E-state index in [1.165, 1.54) is 0 Å². The van der Waals surface area contributed by atoms with Crippen LogP contribution in [-0.4, -0.2) is 18.3 Å². The van der Waals surface area contributed by atoms with E-state index in [0.29, 0.717) is 11.8 Å². The Labute approximate surface area is 98.8 Å². The number of alkyl halides is 1. The predicted molar refractivity (Wildman–Crippen MR) is 66.2 cm³/mol. The van der Waals surface area contributed by atoms with E-state index in [0.717, 1.165) is 25.8 Å². The van der Waals surface area contributed by atoms with Crippen LogP contribution in [0.4, 0.5) is 0 Å². The molecule has 0 aromatic rings. The number of amides is 1. The highest BCUT2D eigenvalue weighted by molar-refractivity contribution is 6.17. The normalized spacial score (nSPS) is 13.7. The first-order valence-corrected chi connectivity index (χ1v) is 6.35. The maximum Gasteiger partial charge on any atom is 0.225 e. The number of nitrogens with one attached hydrogen (secondary N) is 1. The van der Waals surface area contributed by atoms with Gasteiger partial charge in [0.1, 0.15) is 0 Å². The minimum absolute atomic E-state index is 0.151. The molecule has 0 aliphatic heterocycles. The van der Waals surface area contributed by atoms with Crippen LogP contribution in [0.2, 0.25) is 0 Å². The van der Waals surface area contributed by atoms with Gasteiger partial charge in [-0.15, -0.1) is 11.6 Å². The van der Waals surface area contributed by atoms with Crippen LogP contribution in [0.3, 0.4) is 0 Å². The summed E-state index contributed by atoms with van der Waals surface area (Å²) in [5.41, 5.74) is -0.251. The smallest absolute Gasteiger partial charge is 0.225 e. The van der Waals surface area contributed by atoms with Gasteiger partial charge in [-0.2, -0.15) is 0 Å². The maximum atomic E-state index is 11.8. The van der Waals surface area contributed by atoms with E-state index in [4.69, 9.17) is 11.6 Å². The number of hydrogen-bond acceptors (Lipinski definition) is 1. The molecule has 0 saturated carbocycles. The summed E-state index contributed by atoms with van der Waals surface area (Å²) < 4.78 is 0. The van der Waals surface area contributed by atoms with Crippen LogP contribution in [-0.2, 0) is 4.79 Å². The van der Waals surface area contributed by atoms with Crippen molar-refractivity contribution in [3.63, 3.8) is 0 Å². The fourth-order valence-electron chi connectivity index (χ4n) is 1.24. The molecule has 0 spiro atoms. The van der Waals surface area contributed by atoms with E-state index < -0.39 is 0 Å². The summed E-state index contributed by atoms with van der Waals surface area (Å²) in [5, 5.41) is 3.01. The van der Waals surface area contributed by atoms with Crippen LogP contribution in [0.25, 0.3) is 0 Å². The average molecular weight is 234 g/mol. The molecule has 1 unspecified atom stereocenters. The summed E-state index contributed by atoms with van der Waals surface area (Å²) in [4.78, 5) is 11.8. The van der Waals surface area contributed by atoms with Crippen LogP contribution in [0.5, 0.6) is 0 Å². The van der Waals surface area contributed by atoms with Gasteiger partial charge in [0, 0.05) is 17.8 Å². The fourth-order valence-corrected chi connectivity index (χ4v) is 1.55. The number of carbonyl (C=O) groups is 1. The van der Waals surface area contributed by atoms with Crippen molar-refractivity contribution in [2.24, 2.45) is 11.3 Å². The molecule has 0 aromatic heterocycles. The van der Waals surface area contributed by atoms with Crippen LogP contribution in [0.1, 0.15) is 47.0 Å². The Balaban J connectivity index is 3.98. The van der Waals surface area contributed by atoms with Crippen LogP contribution < -0.4 is 5.32 Å². The monoisotopic (exact) mass is 233 g/mol. The highest BCUT2D eigenvalue weighted by Crippen LogP contribution is 2.19. The molecular formula is C12H24ClNO. The third-order valence-corrected chi connectivity index (χ3v) is 3.36. The molecule has 0 aliphatic rings. The molecule has 1 atom stereocenters. The van der Waals surface area contributed by atoms with Gasteiger partial charge >= 0.3 is 0 Å². The second-order valence-electron chi connectivity index (χ2n) is 4.70. The van der Waals surface area contributed by atoms with E-state index in [-0.39, 0.29) is 11.3 Å². The molecule has 0 radical (unpaired) electrons. The third-order valence-electron chi connectivity index (χ3n) is 3.14. The zero-order valence-electron chi connectivity index (χ0n) is 10.4. The summed E-state index contributed by atoms with van der Waals surface area (Å²) in [6, 6.07) is 0. The quantitative estimate of drug-likeness (QED) is 0.673. The topological polar surface area (TPSA) is 29.1 Å². The van der Waals surface area contributed by atoms with E-state index in [1.807, 2.05) is 20.8 Å². The van der Waals surface area contributed by atoms with Crippen molar-refractivity contribution in [2.45, 2.75) is 47.0 Å². The molecule has 3 heteroatoms. The maximum absolute atomic E-state index is 11.8. The van der Waals surface area contributed by atoms with Gasteiger partial charge < -0.3 is 5.32 Å². The Hall–Kier alpha value is -0.240. The van der Waals surface area contributed by atoms with E-state index in [1.54, 1.807) is 0 Å². The highest BCUT2D eigenvalue weighted by atomic mass is 35.5. The molecule has 0 bridgehead atoms. The minimum atomic E-state index is -0.251. The zero-order valence-corrected chi connectivity index (χ0v) is 11.2. The lowest BCUT2D eigenvalue weighted by molar-refractivity contribution is -0.129. The van der Waals surface area contributed by atoms with Crippen molar-refractivity contribution in [2.75, 3.05) is 12.4 Å². The number of carbonyl (C=O) groups excluding carboxylic acids is 1. The van der Waals surface area contributed by atoms with Gasteiger partial charge in [0.2, 0.25) is 5.91 Å². The Morgan fingerprint density at radius 3 is 2.40 bits per heavy atom. The molecule has 2 nitrogen and oxygen atoms in total. The zero-order chi connectivity index (χ0) is 11.9. The second-order valence-corrected chi connectivity index (χ2v) is 5.08. The highest BCUT2D eigenvalue weighted by Gasteiger charge is 2.25. The van der Waals surface area contributed by atoms with Gasteiger partial charge in [0.25, 0.3) is 0 Å². The molecule has 0 aromatic carbocycles. The third kappa shape index (κ3) is 5.41. The fraction of sp³-hybridized carbons (Fsp3) is 0.917. The second kappa shape index (κ2) is 7.10. The summed E-state index contributed by atoms with van der Waals surface area (Å²) in [7, 11) is 0. The first-order valence-electron chi connectivity index (χ1n) is 5.82. The molecule has 0 fully saturated rings. The average Bonchev–Trinajstić information content (AvgIpc) is 2.23. The first kappa shape index (κ1) is 14.8. The van der Waals surface area contributed by atoms with Crippen molar-refractivity contribution in [3.8, 4) is 0 Å². The molecular weight excluding hydrogens is 210 g/mol. The summed E-state index contributed by atoms with van der Waals surface area (Å²) in [6.45, 7) is 8.88.